The van der Waals surface area contributed by atoms with Crippen LogP contribution in [0.4, 0.5) is 0 Å². The standard InChI is InChI=1S/C45H27N3O/c1-2-12-30(13-3-1)36-25-26-39(40-38-24-23-31-15-7-9-19-35(31)41(38)49-42(36)40)45-47-43(33-22-21-28-11-4-5-16-32(28)27-33)46-44(48-45)37-20-10-17-29-14-6-8-18-34(29)37/h1-27H. The van der Waals surface area contributed by atoms with Gasteiger partial charge in [-0.25, -0.2) is 15.0 Å². The zero-order chi connectivity index (χ0) is 32.3. The summed E-state index contributed by atoms with van der Waals surface area (Å²) in [5, 5.41) is 8.76. The van der Waals surface area contributed by atoms with Crippen LogP contribution >= 0.6 is 0 Å². The quantitative estimate of drug-likeness (QED) is 0.195. The molecule has 0 atom stereocenters. The van der Waals surface area contributed by atoms with Crippen LogP contribution in [0.15, 0.2) is 168 Å². The fraction of sp³-hybridized carbons (Fsp3) is 0. The van der Waals surface area contributed by atoms with E-state index >= 15 is 0 Å². The first-order chi connectivity index (χ1) is 24.3. The van der Waals surface area contributed by atoms with Crippen molar-refractivity contribution in [3.05, 3.63) is 164 Å². The van der Waals surface area contributed by atoms with Crippen LogP contribution in [0.3, 0.4) is 0 Å². The highest BCUT2D eigenvalue weighted by molar-refractivity contribution is 6.21. The van der Waals surface area contributed by atoms with Crippen LogP contribution in [0, 0.1) is 0 Å². The van der Waals surface area contributed by atoms with E-state index in [9.17, 15) is 0 Å². The molecule has 4 heteroatoms. The van der Waals surface area contributed by atoms with Gasteiger partial charge in [0.15, 0.2) is 17.5 Å². The molecule has 0 radical (unpaired) electrons. The third-order valence-electron chi connectivity index (χ3n) is 9.51. The predicted molar refractivity (Wildman–Crippen MR) is 201 cm³/mol. The van der Waals surface area contributed by atoms with Crippen molar-refractivity contribution in [1.82, 2.24) is 15.0 Å². The average molecular weight is 626 g/mol. The molecule has 0 saturated heterocycles. The van der Waals surface area contributed by atoms with Gasteiger partial charge < -0.3 is 4.42 Å². The molecule has 0 spiro atoms. The molecular weight excluding hydrogens is 599 g/mol. The molecule has 4 nitrogen and oxygen atoms in total. The molecule has 2 heterocycles. The summed E-state index contributed by atoms with van der Waals surface area (Å²) in [5.74, 6) is 1.85. The molecule has 0 N–H and O–H groups in total. The second kappa shape index (κ2) is 11.0. The van der Waals surface area contributed by atoms with Gasteiger partial charge in [0.2, 0.25) is 0 Å². The Balaban J connectivity index is 1.30. The molecule has 0 aliphatic rings. The van der Waals surface area contributed by atoms with Crippen LogP contribution in [0.2, 0.25) is 0 Å². The van der Waals surface area contributed by atoms with Crippen molar-refractivity contribution in [2.24, 2.45) is 0 Å². The van der Waals surface area contributed by atoms with Gasteiger partial charge in [-0.1, -0.05) is 140 Å². The summed E-state index contributed by atoms with van der Waals surface area (Å²) in [5.41, 5.74) is 6.58. The highest BCUT2D eigenvalue weighted by atomic mass is 16.3. The highest BCUT2D eigenvalue weighted by Crippen LogP contribution is 2.43. The highest BCUT2D eigenvalue weighted by Gasteiger charge is 2.22. The summed E-state index contributed by atoms with van der Waals surface area (Å²) in [4.78, 5) is 15.6. The maximum Gasteiger partial charge on any atom is 0.164 e. The van der Waals surface area contributed by atoms with Gasteiger partial charge in [0.05, 0.1) is 0 Å². The Hall–Kier alpha value is -6.65. The van der Waals surface area contributed by atoms with Crippen molar-refractivity contribution in [1.29, 1.82) is 0 Å². The molecule has 228 valence electrons. The van der Waals surface area contributed by atoms with Gasteiger partial charge in [-0.2, -0.15) is 0 Å². The lowest BCUT2D eigenvalue weighted by Crippen LogP contribution is -2.01. The lowest BCUT2D eigenvalue weighted by atomic mass is 9.97. The van der Waals surface area contributed by atoms with Crippen LogP contribution < -0.4 is 0 Å². The Morgan fingerprint density at radius 2 is 0.939 bits per heavy atom. The number of benzene rings is 8. The minimum Gasteiger partial charge on any atom is -0.455 e. The first-order valence-electron chi connectivity index (χ1n) is 16.4. The van der Waals surface area contributed by atoms with Crippen molar-refractivity contribution < 1.29 is 4.42 Å². The second-order valence-corrected chi connectivity index (χ2v) is 12.4. The van der Waals surface area contributed by atoms with E-state index in [0.717, 1.165) is 76.7 Å². The van der Waals surface area contributed by atoms with Gasteiger partial charge in [-0.15, -0.1) is 0 Å². The van der Waals surface area contributed by atoms with Crippen molar-refractivity contribution in [2.45, 2.75) is 0 Å². The third-order valence-corrected chi connectivity index (χ3v) is 9.51. The number of nitrogens with zero attached hydrogens (tertiary/aromatic N) is 3. The summed E-state index contributed by atoms with van der Waals surface area (Å²) in [7, 11) is 0. The van der Waals surface area contributed by atoms with Crippen LogP contribution in [0.1, 0.15) is 0 Å². The van der Waals surface area contributed by atoms with Crippen LogP contribution in [-0.2, 0) is 0 Å². The Morgan fingerprint density at radius 3 is 1.78 bits per heavy atom. The molecule has 0 aliphatic carbocycles. The smallest absolute Gasteiger partial charge is 0.164 e. The van der Waals surface area contributed by atoms with E-state index in [4.69, 9.17) is 19.4 Å². The molecule has 0 unspecified atom stereocenters. The Labute approximate surface area is 282 Å². The summed E-state index contributed by atoms with van der Waals surface area (Å²) in [6.45, 7) is 0. The SMILES string of the molecule is c1ccc(-c2ccc(-c3nc(-c4ccc5ccccc5c4)nc(-c4cccc5ccccc45)n3)c3c2oc2c4ccccc4ccc23)cc1. The molecule has 2 aromatic heterocycles. The van der Waals surface area contributed by atoms with Gasteiger partial charge in [-0.05, 0) is 56.8 Å². The lowest BCUT2D eigenvalue weighted by molar-refractivity contribution is 0.674. The van der Waals surface area contributed by atoms with Gasteiger partial charge in [-0.3, -0.25) is 0 Å². The van der Waals surface area contributed by atoms with Gasteiger partial charge >= 0.3 is 0 Å². The minimum absolute atomic E-state index is 0.599. The van der Waals surface area contributed by atoms with Gasteiger partial charge in [0.25, 0.3) is 0 Å². The van der Waals surface area contributed by atoms with Crippen LogP contribution in [-0.4, -0.2) is 15.0 Å². The third kappa shape index (κ3) is 4.49. The molecule has 49 heavy (non-hydrogen) atoms. The van der Waals surface area contributed by atoms with E-state index in [-0.39, 0.29) is 0 Å². The molecule has 0 bridgehead atoms. The molecule has 0 amide bonds. The minimum atomic E-state index is 0.599. The molecule has 0 aliphatic heterocycles. The zero-order valence-corrected chi connectivity index (χ0v) is 26.3. The number of aromatic nitrogens is 3. The maximum absolute atomic E-state index is 6.88. The first kappa shape index (κ1) is 27.5. The lowest BCUT2D eigenvalue weighted by Gasteiger charge is -2.12. The molecule has 10 aromatic rings. The molecule has 10 rings (SSSR count). The predicted octanol–water partition coefficient (Wildman–Crippen LogP) is 11.9. The molecule has 0 fully saturated rings. The van der Waals surface area contributed by atoms with E-state index in [1.54, 1.807) is 0 Å². The van der Waals surface area contributed by atoms with Crippen molar-refractivity contribution in [3.63, 3.8) is 0 Å². The topological polar surface area (TPSA) is 51.8 Å². The fourth-order valence-electron chi connectivity index (χ4n) is 7.13. The summed E-state index contributed by atoms with van der Waals surface area (Å²) in [6.07, 6.45) is 0. The normalized spacial score (nSPS) is 11.7. The zero-order valence-electron chi connectivity index (χ0n) is 26.3. The fourth-order valence-corrected chi connectivity index (χ4v) is 7.13. The Morgan fingerprint density at radius 1 is 0.327 bits per heavy atom. The molecule has 8 aromatic carbocycles. The van der Waals surface area contributed by atoms with Crippen molar-refractivity contribution in [3.8, 4) is 45.3 Å². The van der Waals surface area contributed by atoms with E-state index in [1.807, 2.05) is 6.07 Å². The van der Waals surface area contributed by atoms with Crippen molar-refractivity contribution in [2.75, 3.05) is 0 Å². The Kier molecular flexibility index (Phi) is 6.15. The largest absolute Gasteiger partial charge is 0.455 e. The van der Waals surface area contributed by atoms with Gasteiger partial charge in [0.1, 0.15) is 11.2 Å². The summed E-state index contributed by atoms with van der Waals surface area (Å²) >= 11 is 0. The maximum atomic E-state index is 6.88. The number of hydrogen-bond acceptors (Lipinski definition) is 4. The first-order valence-corrected chi connectivity index (χ1v) is 16.4. The van der Waals surface area contributed by atoms with Gasteiger partial charge in [0, 0.05) is 38.4 Å². The van der Waals surface area contributed by atoms with E-state index in [0.29, 0.717) is 17.5 Å². The monoisotopic (exact) mass is 625 g/mol. The molecular formula is C45H27N3O. The number of rotatable bonds is 4. The van der Waals surface area contributed by atoms with Crippen molar-refractivity contribution >= 4 is 54.3 Å². The number of fused-ring (bicyclic) bond motifs is 7. The second-order valence-electron chi connectivity index (χ2n) is 12.4. The number of furan rings is 1. The van der Waals surface area contributed by atoms with Crippen LogP contribution in [0.5, 0.6) is 0 Å². The number of hydrogen-bond donors (Lipinski definition) is 0. The van der Waals surface area contributed by atoms with E-state index in [1.165, 1.54) is 5.39 Å². The van der Waals surface area contributed by atoms with E-state index < -0.39 is 0 Å². The summed E-state index contributed by atoms with van der Waals surface area (Å²) < 4.78 is 6.88. The Bertz CT molecular complexity index is 2890. The van der Waals surface area contributed by atoms with E-state index in [2.05, 4.69) is 158 Å². The summed E-state index contributed by atoms with van der Waals surface area (Å²) in [6, 6.07) is 56.8. The average Bonchev–Trinajstić information content (AvgIpc) is 3.58. The van der Waals surface area contributed by atoms with Crippen LogP contribution in [0.25, 0.3) is 99.5 Å². The molecule has 0 saturated carbocycles.